The van der Waals surface area contributed by atoms with Crippen LogP contribution in [0.3, 0.4) is 0 Å². The molecule has 1 unspecified atom stereocenters. The Hall–Kier alpha value is -3.62. The largest absolute Gasteiger partial charge is 0.466 e. The van der Waals surface area contributed by atoms with Gasteiger partial charge < -0.3 is 19.8 Å². The Labute approximate surface area is 154 Å². The van der Waals surface area contributed by atoms with Gasteiger partial charge >= 0.3 is 12.0 Å². The van der Waals surface area contributed by atoms with Gasteiger partial charge in [0.2, 0.25) is 0 Å². The zero-order chi connectivity index (χ0) is 19.7. The van der Waals surface area contributed by atoms with E-state index in [1.807, 2.05) is 0 Å². The van der Waals surface area contributed by atoms with Crippen molar-refractivity contribution in [2.45, 2.75) is 19.9 Å². The van der Waals surface area contributed by atoms with Gasteiger partial charge in [0.25, 0.3) is 5.69 Å². The van der Waals surface area contributed by atoms with Crippen LogP contribution in [0.15, 0.2) is 46.0 Å². The molecular formula is C18H17N3O6. The lowest BCUT2D eigenvalue weighted by molar-refractivity contribution is -0.384. The molecule has 3 rings (SSSR count). The van der Waals surface area contributed by atoms with E-state index in [2.05, 4.69) is 10.6 Å². The van der Waals surface area contributed by atoms with Gasteiger partial charge in [-0.15, -0.1) is 0 Å². The Kier molecular flexibility index (Phi) is 4.68. The molecule has 0 spiro atoms. The van der Waals surface area contributed by atoms with Gasteiger partial charge in [0, 0.05) is 11.8 Å². The molecule has 140 valence electrons. The number of aryl methyl sites for hydroxylation is 1. The second kappa shape index (κ2) is 6.94. The number of hydrogen-bond acceptors (Lipinski definition) is 6. The van der Waals surface area contributed by atoms with Crippen LogP contribution < -0.4 is 10.6 Å². The first-order valence-electron chi connectivity index (χ1n) is 8.04. The zero-order valence-corrected chi connectivity index (χ0v) is 14.9. The second-order valence-electron chi connectivity index (χ2n) is 5.99. The fraction of sp³-hybridized carbons (Fsp3) is 0.222. The first-order chi connectivity index (χ1) is 12.8. The van der Waals surface area contributed by atoms with Gasteiger partial charge in [-0.05, 0) is 31.5 Å². The van der Waals surface area contributed by atoms with Crippen molar-refractivity contribution in [1.82, 2.24) is 10.6 Å². The van der Waals surface area contributed by atoms with Crippen LogP contribution in [0, 0.1) is 17.0 Å². The summed E-state index contributed by atoms with van der Waals surface area (Å²) in [6, 6.07) is 6.49. The number of ether oxygens (including phenoxy) is 1. The lowest BCUT2D eigenvalue weighted by atomic mass is 10.0. The Balaban J connectivity index is 2.09. The van der Waals surface area contributed by atoms with Gasteiger partial charge in [-0.2, -0.15) is 0 Å². The highest BCUT2D eigenvalue weighted by atomic mass is 16.6. The van der Waals surface area contributed by atoms with Crippen LogP contribution >= 0.6 is 0 Å². The Morgan fingerprint density at radius 3 is 2.67 bits per heavy atom. The second-order valence-corrected chi connectivity index (χ2v) is 5.99. The summed E-state index contributed by atoms with van der Waals surface area (Å²) in [6.07, 6.45) is 0. The molecule has 9 heteroatoms. The van der Waals surface area contributed by atoms with E-state index in [-0.39, 0.29) is 22.8 Å². The van der Waals surface area contributed by atoms with Crippen molar-refractivity contribution in [2.75, 3.05) is 7.11 Å². The van der Waals surface area contributed by atoms with E-state index in [9.17, 15) is 19.7 Å². The van der Waals surface area contributed by atoms with Crippen LogP contribution in [0.25, 0.3) is 11.3 Å². The van der Waals surface area contributed by atoms with E-state index in [0.717, 1.165) is 0 Å². The Bertz CT molecular complexity index is 975. The molecule has 0 radical (unpaired) electrons. The van der Waals surface area contributed by atoms with Crippen molar-refractivity contribution in [3.63, 3.8) is 0 Å². The number of nitrogens with zero attached hydrogens (tertiary/aromatic N) is 1. The number of furan rings is 1. The van der Waals surface area contributed by atoms with Gasteiger partial charge in [0.1, 0.15) is 17.6 Å². The van der Waals surface area contributed by atoms with Gasteiger partial charge in [-0.3, -0.25) is 10.1 Å². The number of amides is 2. The zero-order valence-electron chi connectivity index (χ0n) is 14.9. The smallest absolute Gasteiger partial charge is 0.338 e. The molecule has 27 heavy (non-hydrogen) atoms. The highest BCUT2D eigenvalue weighted by Crippen LogP contribution is 2.37. The molecule has 9 nitrogen and oxygen atoms in total. The molecule has 2 heterocycles. The van der Waals surface area contributed by atoms with Crippen molar-refractivity contribution in [1.29, 1.82) is 0 Å². The van der Waals surface area contributed by atoms with Crippen LogP contribution in [-0.2, 0) is 9.53 Å². The summed E-state index contributed by atoms with van der Waals surface area (Å²) in [4.78, 5) is 34.9. The third-order valence-corrected chi connectivity index (χ3v) is 4.28. The van der Waals surface area contributed by atoms with Crippen molar-refractivity contribution < 1.29 is 23.7 Å². The van der Waals surface area contributed by atoms with Crippen LogP contribution in [-0.4, -0.2) is 24.0 Å². The molecule has 0 saturated carbocycles. The van der Waals surface area contributed by atoms with Crippen LogP contribution in [0.1, 0.15) is 24.3 Å². The maximum atomic E-state index is 12.1. The molecule has 2 amide bonds. The van der Waals surface area contributed by atoms with Crippen LogP contribution in [0.2, 0.25) is 0 Å². The fourth-order valence-electron chi connectivity index (χ4n) is 3.06. The lowest BCUT2D eigenvalue weighted by Gasteiger charge is -2.26. The number of esters is 1. The SMILES string of the molecule is COC(=O)C1=C(C)NC(=O)NC1c1ccc(-c2c(C)cccc2[N+](=O)[O-])o1. The molecule has 0 aliphatic carbocycles. The minimum atomic E-state index is -0.872. The summed E-state index contributed by atoms with van der Waals surface area (Å²) in [5.41, 5.74) is 1.45. The van der Waals surface area contributed by atoms with E-state index in [0.29, 0.717) is 16.8 Å². The number of rotatable bonds is 4. The van der Waals surface area contributed by atoms with Crippen molar-refractivity contribution >= 4 is 17.7 Å². The fourth-order valence-corrected chi connectivity index (χ4v) is 3.06. The van der Waals surface area contributed by atoms with E-state index in [1.54, 1.807) is 38.1 Å². The Morgan fingerprint density at radius 1 is 1.26 bits per heavy atom. The normalized spacial score (nSPS) is 16.6. The maximum absolute atomic E-state index is 12.1. The molecule has 2 N–H and O–H groups in total. The molecule has 1 aromatic heterocycles. The topological polar surface area (TPSA) is 124 Å². The molecule has 1 atom stereocenters. The highest BCUT2D eigenvalue weighted by Gasteiger charge is 2.34. The highest BCUT2D eigenvalue weighted by molar-refractivity contribution is 5.94. The van der Waals surface area contributed by atoms with Gasteiger partial charge in [0.15, 0.2) is 0 Å². The molecule has 2 aromatic rings. The maximum Gasteiger partial charge on any atom is 0.338 e. The van der Waals surface area contributed by atoms with E-state index < -0.39 is 23.0 Å². The van der Waals surface area contributed by atoms with Gasteiger partial charge in [-0.25, -0.2) is 9.59 Å². The number of nitrogens with one attached hydrogen (secondary N) is 2. The monoisotopic (exact) mass is 371 g/mol. The third kappa shape index (κ3) is 3.26. The van der Waals surface area contributed by atoms with E-state index >= 15 is 0 Å². The minimum absolute atomic E-state index is 0.0924. The number of carbonyl (C=O) groups is 2. The minimum Gasteiger partial charge on any atom is -0.466 e. The third-order valence-electron chi connectivity index (χ3n) is 4.28. The van der Waals surface area contributed by atoms with Crippen molar-refractivity contribution in [3.8, 4) is 11.3 Å². The van der Waals surface area contributed by atoms with Gasteiger partial charge in [0.05, 0.1) is 23.2 Å². The number of methoxy groups -OCH3 is 1. The van der Waals surface area contributed by atoms with Gasteiger partial charge in [-0.1, -0.05) is 12.1 Å². The number of urea groups is 1. The van der Waals surface area contributed by atoms with E-state index in [4.69, 9.17) is 9.15 Å². The summed E-state index contributed by atoms with van der Waals surface area (Å²) < 4.78 is 10.6. The molecule has 0 bridgehead atoms. The van der Waals surface area contributed by atoms with Crippen LogP contribution in [0.5, 0.6) is 0 Å². The standard InChI is InChI=1S/C18H17N3O6/c1-9-5-4-6-11(21(24)25)14(9)12-7-8-13(27-12)16-15(17(22)26-3)10(2)19-18(23)20-16/h4-8,16H,1-3H3,(H2,19,20,23). The molecule has 1 aliphatic heterocycles. The first-order valence-corrected chi connectivity index (χ1v) is 8.04. The van der Waals surface area contributed by atoms with Crippen LogP contribution in [0.4, 0.5) is 10.5 Å². The summed E-state index contributed by atoms with van der Waals surface area (Å²) in [5.74, 6) is -0.0913. The predicted octanol–water partition coefficient (Wildman–Crippen LogP) is 2.96. The number of hydrogen-bond donors (Lipinski definition) is 2. The number of nitro groups is 1. The molecule has 1 aromatic carbocycles. The number of nitro benzene ring substituents is 1. The first kappa shape index (κ1) is 18.2. The van der Waals surface area contributed by atoms with E-state index in [1.165, 1.54) is 13.2 Å². The quantitative estimate of drug-likeness (QED) is 0.484. The number of benzene rings is 1. The molecule has 0 saturated heterocycles. The summed E-state index contributed by atoms with van der Waals surface area (Å²) in [6.45, 7) is 3.31. The number of carbonyl (C=O) groups excluding carboxylic acids is 2. The summed E-state index contributed by atoms with van der Waals surface area (Å²) in [5, 5.41) is 16.5. The molecular weight excluding hydrogens is 354 g/mol. The molecule has 1 aliphatic rings. The summed E-state index contributed by atoms with van der Waals surface area (Å²) >= 11 is 0. The average Bonchev–Trinajstić information content (AvgIpc) is 3.09. The summed E-state index contributed by atoms with van der Waals surface area (Å²) in [7, 11) is 1.24. The average molecular weight is 371 g/mol. The van der Waals surface area contributed by atoms with Crippen molar-refractivity contribution in [3.05, 3.63) is 63.0 Å². The number of allylic oxidation sites excluding steroid dienone is 1. The predicted molar refractivity (Wildman–Crippen MR) is 94.7 cm³/mol. The molecule has 0 fully saturated rings. The lowest BCUT2D eigenvalue weighted by Crippen LogP contribution is -2.45. The Morgan fingerprint density at radius 2 is 2.00 bits per heavy atom. The van der Waals surface area contributed by atoms with Crippen molar-refractivity contribution in [2.24, 2.45) is 0 Å².